The summed E-state index contributed by atoms with van der Waals surface area (Å²) in [6.45, 7) is 2.47. The van der Waals surface area contributed by atoms with Gasteiger partial charge in [-0.2, -0.15) is 0 Å². The third kappa shape index (κ3) is 2.61. The number of rotatable bonds is 4. The smallest absolute Gasteiger partial charge is 0.153 e. The zero-order valence-electron chi connectivity index (χ0n) is 11.9. The van der Waals surface area contributed by atoms with Crippen LogP contribution >= 0.6 is 0 Å². The first-order chi connectivity index (χ1) is 10.3. The highest BCUT2D eigenvalue weighted by atomic mass is 16.5. The van der Waals surface area contributed by atoms with Crippen LogP contribution in [-0.4, -0.2) is 9.55 Å². The molecule has 3 rings (SSSR count). The Labute approximate surface area is 124 Å². The second-order valence-electron chi connectivity index (χ2n) is 4.82. The summed E-state index contributed by atoms with van der Waals surface area (Å²) in [5.74, 6) is 4.36. The maximum Gasteiger partial charge on any atom is 0.153 e. The second kappa shape index (κ2) is 5.72. The van der Waals surface area contributed by atoms with Crippen molar-refractivity contribution >= 4 is 11.0 Å². The van der Waals surface area contributed by atoms with Gasteiger partial charge in [0.15, 0.2) is 11.9 Å². The molecule has 0 saturated heterocycles. The van der Waals surface area contributed by atoms with Gasteiger partial charge in [0, 0.05) is 0 Å². The maximum absolute atomic E-state index is 5.97. The van der Waals surface area contributed by atoms with Crippen molar-refractivity contribution in [2.45, 2.75) is 19.6 Å². The lowest BCUT2D eigenvalue weighted by Gasteiger charge is -2.15. The molecule has 3 nitrogen and oxygen atoms in total. The SMILES string of the molecule is C#CCn1c([C@@H](C)Oc2ccccc2)nc2ccccc21. The minimum absolute atomic E-state index is 0.173. The molecule has 0 unspecified atom stereocenters. The normalized spacial score (nSPS) is 12.0. The number of hydrogen-bond acceptors (Lipinski definition) is 2. The van der Waals surface area contributed by atoms with Crippen molar-refractivity contribution in [3.63, 3.8) is 0 Å². The number of para-hydroxylation sites is 3. The van der Waals surface area contributed by atoms with Gasteiger partial charge in [0.05, 0.1) is 17.6 Å². The van der Waals surface area contributed by atoms with E-state index in [0.717, 1.165) is 22.6 Å². The Morgan fingerprint density at radius 3 is 2.62 bits per heavy atom. The Balaban J connectivity index is 1.99. The highest BCUT2D eigenvalue weighted by Crippen LogP contribution is 2.24. The first kappa shape index (κ1) is 13.3. The van der Waals surface area contributed by atoms with E-state index >= 15 is 0 Å². The molecule has 0 aliphatic carbocycles. The van der Waals surface area contributed by atoms with Gasteiger partial charge in [-0.15, -0.1) is 6.42 Å². The van der Waals surface area contributed by atoms with Crippen LogP contribution in [-0.2, 0) is 6.54 Å². The Hall–Kier alpha value is -2.73. The molecule has 1 heterocycles. The van der Waals surface area contributed by atoms with Gasteiger partial charge in [0.2, 0.25) is 0 Å². The molecule has 0 aliphatic heterocycles. The number of imidazole rings is 1. The summed E-state index contributed by atoms with van der Waals surface area (Å²) in [7, 11) is 0. The first-order valence-electron chi connectivity index (χ1n) is 6.90. The molecule has 2 aromatic carbocycles. The predicted molar refractivity (Wildman–Crippen MR) is 84.1 cm³/mol. The van der Waals surface area contributed by atoms with Crippen LogP contribution in [0.4, 0.5) is 0 Å². The van der Waals surface area contributed by atoms with Gasteiger partial charge in [0.25, 0.3) is 0 Å². The molecule has 3 heteroatoms. The van der Waals surface area contributed by atoms with Crippen LogP contribution in [0.1, 0.15) is 18.9 Å². The van der Waals surface area contributed by atoms with E-state index in [9.17, 15) is 0 Å². The minimum atomic E-state index is -0.173. The van der Waals surface area contributed by atoms with E-state index in [1.807, 2.05) is 66.1 Å². The fourth-order valence-electron chi connectivity index (χ4n) is 2.42. The van der Waals surface area contributed by atoms with Gasteiger partial charge in [0.1, 0.15) is 5.75 Å². The molecule has 0 aliphatic rings. The van der Waals surface area contributed by atoms with Crippen LogP contribution in [0, 0.1) is 12.3 Å². The summed E-state index contributed by atoms with van der Waals surface area (Å²) in [5.41, 5.74) is 1.97. The minimum Gasteiger partial charge on any atom is -0.483 e. The molecule has 3 aromatic rings. The zero-order valence-corrected chi connectivity index (χ0v) is 11.9. The van der Waals surface area contributed by atoms with Gasteiger partial charge >= 0.3 is 0 Å². The zero-order chi connectivity index (χ0) is 14.7. The number of terminal acetylenes is 1. The highest BCUT2D eigenvalue weighted by Gasteiger charge is 2.17. The third-order valence-electron chi connectivity index (χ3n) is 3.35. The Morgan fingerprint density at radius 1 is 1.14 bits per heavy atom. The Kier molecular flexibility index (Phi) is 3.61. The van der Waals surface area contributed by atoms with Crippen LogP contribution in [0.5, 0.6) is 5.75 Å². The largest absolute Gasteiger partial charge is 0.483 e. The van der Waals surface area contributed by atoms with E-state index < -0.39 is 0 Å². The van der Waals surface area contributed by atoms with E-state index in [-0.39, 0.29) is 6.10 Å². The number of fused-ring (bicyclic) bond motifs is 1. The summed E-state index contributed by atoms with van der Waals surface area (Å²) in [4.78, 5) is 4.67. The molecular formula is C18H16N2O. The van der Waals surface area contributed by atoms with Gasteiger partial charge < -0.3 is 9.30 Å². The van der Waals surface area contributed by atoms with E-state index in [1.165, 1.54) is 0 Å². The monoisotopic (exact) mass is 276 g/mol. The van der Waals surface area contributed by atoms with Crippen molar-refractivity contribution in [1.29, 1.82) is 0 Å². The average molecular weight is 276 g/mol. The lowest BCUT2D eigenvalue weighted by atomic mass is 10.3. The van der Waals surface area contributed by atoms with Crippen LogP contribution in [0.2, 0.25) is 0 Å². The third-order valence-corrected chi connectivity index (χ3v) is 3.35. The van der Waals surface area contributed by atoms with Crippen molar-refractivity contribution in [3.05, 3.63) is 60.4 Å². The summed E-state index contributed by atoms with van der Waals surface area (Å²) in [6, 6.07) is 17.7. The molecule has 0 radical (unpaired) electrons. The lowest BCUT2D eigenvalue weighted by Crippen LogP contribution is -2.11. The first-order valence-corrected chi connectivity index (χ1v) is 6.90. The molecule has 0 bridgehead atoms. The van der Waals surface area contributed by atoms with Crippen LogP contribution in [0.15, 0.2) is 54.6 Å². The van der Waals surface area contributed by atoms with Crippen LogP contribution in [0.3, 0.4) is 0 Å². The maximum atomic E-state index is 5.97. The fraction of sp³-hybridized carbons (Fsp3) is 0.167. The van der Waals surface area contributed by atoms with E-state index in [1.54, 1.807) is 0 Å². The fourth-order valence-corrected chi connectivity index (χ4v) is 2.42. The number of nitrogens with zero attached hydrogens (tertiary/aromatic N) is 2. The van der Waals surface area contributed by atoms with Gasteiger partial charge in [-0.3, -0.25) is 0 Å². The molecule has 0 saturated carbocycles. The quantitative estimate of drug-likeness (QED) is 0.677. The summed E-state index contributed by atoms with van der Waals surface area (Å²) in [5, 5.41) is 0. The standard InChI is InChI=1S/C18H16N2O/c1-3-13-20-17-12-8-7-11-16(17)19-18(20)14(2)21-15-9-5-4-6-10-15/h1,4-12,14H,13H2,2H3/t14-/m1/s1. The van der Waals surface area contributed by atoms with Crippen molar-refractivity contribution < 1.29 is 4.74 Å². The molecule has 104 valence electrons. The van der Waals surface area contributed by atoms with E-state index in [2.05, 4.69) is 10.9 Å². The van der Waals surface area contributed by atoms with Crippen LogP contribution < -0.4 is 4.74 Å². The summed E-state index contributed by atoms with van der Waals surface area (Å²) < 4.78 is 8.00. The molecule has 0 spiro atoms. The Bertz CT molecular complexity index is 784. The van der Waals surface area contributed by atoms with E-state index in [4.69, 9.17) is 11.2 Å². The number of aromatic nitrogens is 2. The Morgan fingerprint density at radius 2 is 1.86 bits per heavy atom. The number of hydrogen-bond donors (Lipinski definition) is 0. The second-order valence-corrected chi connectivity index (χ2v) is 4.82. The van der Waals surface area contributed by atoms with Gasteiger partial charge in [-0.1, -0.05) is 36.3 Å². The number of benzene rings is 2. The molecular weight excluding hydrogens is 260 g/mol. The number of ether oxygens (including phenoxy) is 1. The average Bonchev–Trinajstić information content (AvgIpc) is 2.88. The van der Waals surface area contributed by atoms with Crippen molar-refractivity contribution in [2.24, 2.45) is 0 Å². The van der Waals surface area contributed by atoms with Gasteiger partial charge in [-0.25, -0.2) is 4.98 Å². The predicted octanol–water partition coefficient (Wildman–Crippen LogP) is 3.81. The molecule has 21 heavy (non-hydrogen) atoms. The molecule has 1 aromatic heterocycles. The molecule has 1 atom stereocenters. The topological polar surface area (TPSA) is 27.1 Å². The van der Waals surface area contributed by atoms with E-state index in [0.29, 0.717) is 6.54 Å². The van der Waals surface area contributed by atoms with Crippen molar-refractivity contribution in [2.75, 3.05) is 0 Å². The summed E-state index contributed by atoms with van der Waals surface area (Å²) in [6.07, 6.45) is 5.32. The molecule has 0 amide bonds. The van der Waals surface area contributed by atoms with Crippen molar-refractivity contribution in [3.8, 4) is 18.1 Å². The van der Waals surface area contributed by atoms with Gasteiger partial charge in [-0.05, 0) is 31.2 Å². The van der Waals surface area contributed by atoms with Crippen molar-refractivity contribution in [1.82, 2.24) is 9.55 Å². The molecule has 0 N–H and O–H groups in total. The summed E-state index contributed by atoms with van der Waals surface area (Å²) >= 11 is 0. The highest BCUT2D eigenvalue weighted by molar-refractivity contribution is 5.76. The molecule has 0 fully saturated rings. The van der Waals surface area contributed by atoms with Crippen LogP contribution in [0.25, 0.3) is 11.0 Å². The lowest BCUT2D eigenvalue weighted by molar-refractivity contribution is 0.212.